The molecule has 0 spiro atoms. The van der Waals surface area contributed by atoms with E-state index in [0.29, 0.717) is 11.1 Å². The van der Waals surface area contributed by atoms with Crippen molar-refractivity contribution in [2.45, 2.75) is 17.4 Å². The predicted molar refractivity (Wildman–Crippen MR) is 96.6 cm³/mol. The van der Waals surface area contributed by atoms with Gasteiger partial charge in [0.1, 0.15) is 5.82 Å². The maximum atomic E-state index is 14.2. The molecular formula is C18H20FN3O3S. The number of carbonyl (C=O) groups excluding carboxylic acids is 1. The first-order valence-corrected chi connectivity index (χ1v) is 9.71. The predicted octanol–water partition coefficient (Wildman–Crippen LogP) is 1.57. The summed E-state index contributed by atoms with van der Waals surface area (Å²) in [5.41, 5.74) is 1.27. The molecule has 6 nitrogen and oxygen atoms in total. The van der Waals surface area contributed by atoms with Crippen LogP contribution < -0.4 is 10.5 Å². The molecule has 0 bridgehead atoms. The first-order chi connectivity index (χ1) is 12.2. The maximum Gasteiger partial charge on any atom is 0.251 e. The summed E-state index contributed by atoms with van der Waals surface area (Å²) >= 11 is 0. The van der Waals surface area contributed by atoms with Crippen molar-refractivity contribution in [2.75, 3.05) is 20.1 Å². The average molecular weight is 377 g/mol. The second-order valence-corrected chi connectivity index (χ2v) is 8.05. The first kappa shape index (κ1) is 18.5. The first-order valence-electron chi connectivity index (χ1n) is 8.16. The van der Waals surface area contributed by atoms with Gasteiger partial charge in [-0.1, -0.05) is 18.2 Å². The molecule has 1 amide bonds. The van der Waals surface area contributed by atoms with Crippen LogP contribution in [0.5, 0.6) is 0 Å². The summed E-state index contributed by atoms with van der Waals surface area (Å²) in [6.45, 7) is 1.78. The molecule has 1 fully saturated rings. The van der Waals surface area contributed by atoms with Crippen molar-refractivity contribution in [2.24, 2.45) is 5.14 Å². The van der Waals surface area contributed by atoms with Crippen LogP contribution in [0.4, 0.5) is 4.39 Å². The smallest absolute Gasteiger partial charge is 0.251 e. The number of benzene rings is 2. The van der Waals surface area contributed by atoms with Gasteiger partial charge in [0.05, 0.1) is 4.90 Å². The van der Waals surface area contributed by atoms with Gasteiger partial charge in [-0.2, -0.15) is 0 Å². The number of amides is 1. The molecule has 3 N–H and O–H groups in total. The molecule has 138 valence electrons. The zero-order valence-corrected chi connectivity index (χ0v) is 15.1. The van der Waals surface area contributed by atoms with Crippen LogP contribution in [0.2, 0.25) is 0 Å². The number of hydrogen-bond donors (Lipinski definition) is 2. The number of nitrogens with one attached hydrogen (secondary N) is 1. The number of nitrogens with two attached hydrogens (primary N) is 1. The van der Waals surface area contributed by atoms with Gasteiger partial charge < -0.3 is 10.2 Å². The van der Waals surface area contributed by atoms with Crippen LogP contribution in [-0.4, -0.2) is 45.4 Å². The van der Waals surface area contributed by atoms with Crippen molar-refractivity contribution in [3.63, 3.8) is 0 Å². The summed E-state index contributed by atoms with van der Waals surface area (Å²) in [6.07, 6.45) is 0.919. The van der Waals surface area contributed by atoms with Crippen LogP contribution in [0, 0.1) is 5.82 Å². The molecule has 1 saturated heterocycles. The van der Waals surface area contributed by atoms with Crippen molar-refractivity contribution < 1.29 is 17.6 Å². The fourth-order valence-electron chi connectivity index (χ4n) is 3.03. The number of sulfonamides is 1. The fraction of sp³-hybridized carbons (Fsp3) is 0.278. The van der Waals surface area contributed by atoms with Crippen molar-refractivity contribution >= 4 is 15.9 Å². The molecule has 2 aromatic rings. The Balaban J connectivity index is 1.76. The van der Waals surface area contributed by atoms with Crippen LogP contribution in [0.25, 0.3) is 11.1 Å². The third kappa shape index (κ3) is 4.09. The summed E-state index contributed by atoms with van der Waals surface area (Å²) in [4.78, 5) is 14.2. The number of carbonyl (C=O) groups is 1. The lowest BCUT2D eigenvalue weighted by atomic mass is 10.0. The Kier molecular flexibility index (Phi) is 5.08. The molecule has 0 aliphatic carbocycles. The molecule has 8 heteroatoms. The Bertz CT molecular complexity index is 929. The van der Waals surface area contributed by atoms with Gasteiger partial charge in [-0.05, 0) is 49.8 Å². The number of likely N-dealkylation sites (tertiary alicyclic amines) is 1. The largest absolute Gasteiger partial charge is 0.348 e. The van der Waals surface area contributed by atoms with E-state index in [2.05, 4.69) is 10.2 Å². The van der Waals surface area contributed by atoms with E-state index in [9.17, 15) is 17.6 Å². The minimum Gasteiger partial charge on any atom is -0.348 e. The van der Waals surface area contributed by atoms with Crippen LogP contribution in [-0.2, 0) is 10.0 Å². The lowest BCUT2D eigenvalue weighted by Crippen LogP contribution is -2.36. The van der Waals surface area contributed by atoms with E-state index in [1.807, 2.05) is 7.05 Å². The summed E-state index contributed by atoms with van der Waals surface area (Å²) in [7, 11) is -1.94. The molecule has 2 aromatic carbocycles. The van der Waals surface area contributed by atoms with E-state index in [4.69, 9.17) is 5.14 Å². The monoisotopic (exact) mass is 377 g/mol. The van der Waals surface area contributed by atoms with Gasteiger partial charge in [0.15, 0.2) is 0 Å². The quantitative estimate of drug-likeness (QED) is 0.846. The minimum absolute atomic E-state index is 0.135. The van der Waals surface area contributed by atoms with Gasteiger partial charge >= 0.3 is 0 Å². The van der Waals surface area contributed by atoms with Crippen molar-refractivity contribution in [1.29, 1.82) is 0 Å². The van der Waals surface area contributed by atoms with Gasteiger partial charge in [-0.25, -0.2) is 17.9 Å². The Morgan fingerprint density at radius 1 is 1.23 bits per heavy atom. The summed E-state index contributed by atoms with van der Waals surface area (Å²) < 4.78 is 36.8. The third-order valence-electron chi connectivity index (χ3n) is 4.45. The molecule has 26 heavy (non-hydrogen) atoms. The molecule has 1 aliphatic heterocycles. The van der Waals surface area contributed by atoms with Gasteiger partial charge in [0, 0.05) is 23.7 Å². The van der Waals surface area contributed by atoms with Crippen LogP contribution in [0.15, 0.2) is 47.4 Å². The molecule has 1 aliphatic rings. The van der Waals surface area contributed by atoms with E-state index < -0.39 is 15.8 Å². The zero-order chi connectivity index (χ0) is 18.9. The molecule has 1 heterocycles. The molecular weight excluding hydrogens is 357 g/mol. The topological polar surface area (TPSA) is 92.5 Å². The molecule has 3 rings (SSSR count). The van der Waals surface area contributed by atoms with Crippen LogP contribution in [0.3, 0.4) is 0 Å². The highest BCUT2D eigenvalue weighted by atomic mass is 32.2. The fourth-order valence-corrected chi connectivity index (χ4v) is 3.56. The number of halogens is 1. The Morgan fingerprint density at radius 2 is 1.92 bits per heavy atom. The van der Waals surface area contributed by atoms with Gasteiger partial charge in [0.2, 0.25) is 10.0 Å². The van der Waals surface area contributed by atoms with E-state index in [1.54, 1.807) is 24.3 Å². The molecule has 0 saturated carbocycles. The summed E-state index contributed by atoms with van der Waals surface area (Å²) in [6, 6.07) is 10.1. The van der Waals surface area contributed by atoms with Gasteiger partial charge in [-0.3, -0.25) is 4.79 Å². The Labute approximate surface area is 151 Å². The standard InChI is InChI=1S/C18H20FN3O3S/c1-22-9-8-14(11-22)21-18(23)13-4-2-12(3-5-13)16-7-6-15(10-17(16)19)26(20,24)25/h2-7,10,14H,8-9,11H2,1H3,(H,21,23)(H2,20,24,25)/t14-/m1/s1. The third-order valence-corrected chi connectivity index (χ3v) is 5.36. The SMILES string of the molecule is CN1CC[C@@H](NC(=O)c2ccc(-c3ccc(S(N)(=O)=O)cc3F)cc2)C1. The van der Waals surface area contributed by atoms with Crippen molar-refractivity contribution in [3.05, 3.63) is 53.8 Å². The van der Waals surface area contributed by atoms with Crippen LogP contribution in [0.1, 0.15) is 16.8 Å². The summed E-state index contributed by atoms with van der Waals surface area (Å²) in [5.74, 6) is -0.857. The van der Waals surface area contributed by atoms with Crippen molar-refractivity contribution in [3.8, 4) is 11.1 Å². The Morgan fingerprint density at radius 3 is 2.46 bits per heavy atom. The molecule has 1 atom stereocenters. The zero-order valence-electron chi connectivity index (χ0n) is 14.3. The number of nitrogens with zero attached hydrogens (tertiary/aromatic N) is 1. The van der Waals surface area contributed by atoms with Gasteiger partial charge in [-0.15, -0.1) is 0 Å². The minimum atomic E-state index is -3.95. The number of rotatable bonds is 4. The van der Waals surface area contributed by atoms with Crippen LogP contribution >= 0.6 is 0 Å². The number of hydrogen-bond acceptors (Lipinski definition) is 4. The van der Waals surface area contributed by atoms with E-state index in [1.165, 1.54) is 12.1 Å². The lowest BCUT2D eigenvalue weighted by molar-refractivity contribution is 0.0938. The lowest BCUT2D eigenvalue weighted by Gasteiger charge is -2.13. The summed E-state index contributed by atoms with van der Waals surface area (Å²) in [5, 5.41) is 7.99. The normalized spacial score (nSPS) is 18.0. The van der Waals surface area contributed by atoms with Gasteiger partial charge in [0.25, 0.3) is 5.91 Å². The van der Waals surface area contributed by atoms with E-state index in [-0.39, 0.29) is 22.4 Å². The van der Waals surface area contributed by atoms with Crippen molar-refractivity contribution in [1.82, 2.24) is 10.2 Å². The number of primary sulfonamides is 1. The second kappa shape index (κ2) is 7.14. The highest BCUT2D eigenvalue weighted by molar-refractivity contribution is 7.89. The molecule has 0 aromatic heterocycles. The second-order valence-electron chi connectivity index (χ2n) is 6.49. The maximum absolute atomic E-state index is 14.2. The van der Waals surface area contributed by atoms with E-state index in [0.717, 1.165) is 25.6 Å². The highest BCUT2D eigenvalue weighted by Crippen LogP contribution is 2.25. The molecule has 0 unspecified atom stereocenters. The Hall–Kier alpha value is -2.29. The highest BCUT2D eigenvalue weighted by Gasteiger charge is 2.21. The van der Waals surface area contributed by atoms with E-state index >= 15 is 0 Å². The average Bonchev–Trinajstić information content (AvgIpc) is 2.99. The molecule has 0 radical (unpaired) electrons. The number of likely N-dealkylation sites (N-methyl/N-ethyl adjacent to an activating group) is 1.